The molecule has 0 aliphatic carbocycles. The Labute approximate surface area is 127 Å². The molecule has 0 aliphatic rings. The smallest absolute Gasteiger partial charge is 0.0608 e. The number of aromatic nitrogens is 1. The van der Waals surface area contributed by atoms with Gasteiger partial charge in [-0.3, -0.25) is 4.98 Å². The highest BCUT2D eigenvalue weighted by Crippen LogP contribution is 2.28. The van der Waals surface area contributed by atoms with Crippen LogP contribution in [-0.2, 0) is 12.8 Å². The minimum Gasteiger partial charge on any atom is -0.309 e. The van der Waals surface area contributed by atoms with Crippen molar-refractivity contribution in [2.24, 2.45) is 0 Å². The van der Waals surface area contributed by atoms with Crippen molar-refractivity contribution in [1.29, 1.82) is 0 Å². The van der Waals surface area contributed by atoms with Crippen LogP contribution in [0.25, 0.3) is 0 Å². The number of nitrogens with one attached hydrogen (secondary N) is 1. The Morgan fingerprint density at radius 2 is 2.21 bits per heavy atom. The first-order valence-corrected chi connectivity index (χ1v) is 8.32. The van der Waals surface area contributed by atoms with Crippen LogP contribution in [-0.4, -0.2) is 11.5 Å². The Kier molecular flexibility index (Phi) is 5.55. The van der Waals surface area contributed by atoms with Crippen LogP contribution in [0.5, 0.6) is 0 Å². The summed E-state index contributed by atoms with van der Waals surface area (Å²) in [7, 11) is 0. The van der Waals surface area contributed by atoms with Crippen LogP contribution in [0.15, 0.2) is 34.2 Å². The largest absolute Gasteiger partial charge is 0.309 e. The zero-order chi connectivity index (χ0) is 13.7. The van der Waals surface area contributed by atoms with Crippen molar-refractivity contribution in [3.63, 3.8) is 0 Å². The number of aryl methyl sites for hydroxylation is 1. The molecule has 2 rings (SSSR count). The number of hydrogen-bond donors (Lipinski definition) is 1. The molecule has 19 heavy (non-hydrogen) atoms. The fourth-order valence-corrected chi connectivity index (χ4v) is 3.79. The SMILES string of the molecule is CCNC(Cc1sccc1Br)c1ncccc1CC. The predicted molar refractivity (Wildman–Crippen MR) is 85.8 cm³/mol. The maximum atomic E-state index is 4.61. The van der Waals surface area contributed by atoms with E-state index < -0.39 is 0 Å². The first-order valence-electron chi connectivity index (χ1n) is 6.65. The molecule has 4 heteroatoms. The minimum absolute atomic E-state index is 0.288. The molecular formula is C15H19BrN2S. The van der Waals surface area contributed by atoms with Crippen LogP contribution in [0.4, 0.5) is 0 Å². The lowest BCUT2D eigenvalue weighted by Crippen LogP contribution is -2.25. The summed E-state index contributed by atoms with van der Waals surface area (Å²) >= 11 is 5.41. The van der Waals surface area contributed by atoms with Gasteiger partial charge in [-0.15, -0.1) is 11.3 Å². The van der Waals surface area contributed by atoms with Gasteiger partial charge in [0.05, 0.1) is 11.7 Å². The van der Waals surface area contributed by atoms with E-state index in [1.165, 1.54) is 20.6 Å². The third-order valence-corrected chi connectivity index (χ3v) is 5.12. The van der Waals surface area contributed by atoms with Crippen molar-refractivity contribution in [2.75, 3.05) is 6.54 Å². The van der Waals surface area contributed by atoms with Crippen LogP contribution in [0.1, 0.15) is 36.0 Å². The molecule has 0 saturated carbocycles. The second kappa shape index (κ2) is 7.17. The molecule has 0 aliphatic heterocycles. The van der Waals surface area contributed by atoms with E-state index in [-0.39, 0.29) is 6.04 Å². The lowest BCUT2D eigenvalue weighted by molar-refractivity contribution is 0.535. The van der Waals surface area contributed by atoms with Crippen molar-refractivity contribution in [2.45, 2.75) is 32.7 Å². The van der Waals surface area contributed by atoms with Crippen molar-refractivity contribution in [3.05, 3.63) is 50.4 Å². The first kappa shape index (κ1) is 14.7. The van der Waals surface area contributed by atoms with Crippen LogP contribution in [0.2, 0.25) is 0 Å². The topological polar surface area (TPSA) is 24.9 Å². The summed E-state index contributed by atoms with van der Waals surface area (Å²) in [6, 6.07) is 6.60. The normalized spacial score (nSPS) is 12.6. The monoisotopic (exact) mass is 338 g/mol. The van der Waals surface area contributed by atoms with E-state index in [0.717, 1.165) is 19.4 Å². The highest BCUT2D eigenvalue weighted by Gasteiger charge is 2.17. The standard InChI is InChI=1S/C15H19BrN2S/c1-3-11-6-5-8-18-15(11)13(17-4-2)10-14-12(16)7-9-19-14/h5-9,13,17H,3-4,10H2,1-2H3. The fraction of sp³-hybridized carbons (Fsp3) is 0.400. The molecule has 0 fully saturated rings. The fourth-order valence-electron chi connectivity index (χ4n) is 2.23. The molecule has 0 spiro atoms. The minimum atomic E-state index is 0.288. The summed E-state index contributed by atoms with van der Waals surface area (Å²) in [5.41, 5.74) is 2.52. The van der Waals surface area contributed by atoms with Crippen molar-refractivity contribution in [1.82, 2.24) is 10.3 Å². The molecule has 2 nitrogen and oxygen atoms in total. The van der Waals surface area contributed by atoms with Gasteiger partial charge in [-0.25, -0.2) is 0 Å². The Bertz CT molecular complexity index is 524. The highest BCUT2D eigenvalue weighted by atomic mass is 79.9. The maximum Gasteiger partial charge on any atom is 0.0608 e. The van der Waals surface area contributed by atoms with Gasteiger partial charge in [-0.05, 0) is 52.0 Å². The third kappa shape index (κ3) is 3.65. The zero-order valence-electron chi connectivity index (χ0n) is 11.3. The number of nitrogens with zero attached hydrogens (tertiary/aromatic N) is 1. The lowest BCUT2D eigenvalue weighted by atomic mass is 10.0. The summed E-state index contributed by atoms with van der Waals surface area (Å²) in [4.78, 5) is 5.98. The number of rotatable bonds is 6. The molecular weight excluding hydrogens is 320 g/mol. The average molecular weight is 339 g/mol. The second-order valence-corrected chi connectivity index (χ2v) is 6.26. The molecule has 0 bridgehead atoms. The number of pyridine rings is 1. The summed E-state index contributed by atoms with van der Waals surface area (Å²) in [6.07, 6.45) is 3.90. The molecule has 2 aromatic rings. The van der Waals surface area contributed by atoms with Gasteiger partial charge in [0.25, 0.3) is 0 Å². The molecule has 0 saturated heterocycles. The molecule has 1 N–H and O–H groups in total. The van der Waals surface area contributed by atoms with E-state index in [1.807, 2.05) is 12.3 Å². The lowest BCUT2D eigenvalue weighted by Gasteiger charge is -2.19. The molecule has 1 unspecified atom stereocenters. The molecule has 2 aromatic heterocycles. The van der Waals surface area contributed by atoms with Crippen LogP contribution >= 0.6 is 27.3 Å². The van der Waals surface area contributed by atoms with Gasteiger partial charge in [-0.1, -0.05) is 19.9 Å². The molecule has 102 valence electrons. The summed E-state index contributed by atoms with van der Waals surface area (Å²) < 4.78 is 1.20. The van der Waals surface area contributed by atoms with E-state index >= 15 is 0 Å². The van der Waals surface area contributed by atoms with E-state index in [9.17, 15) is 0 Å². The van der Waals surface area contributed by atoms with E-state index in [1.54, 1.807) is 11.3 Å². The number of hydrogen-bond acceptors (Lipinski definition) is 3. The molecule has 1 atom stereocenters. The van der Waals surface area contributed by atoms with E-state index in [0.29, 0.717) is 0 Å². The van der Waals surface area contributed by atoms with E-state index in [4.69, 9.17) is 0 Å². The Morgan fingerprint density at radius 1 is 1.37 bits per heavy atom. The Morgan fingerprint density at radius 3 is 2.84 bits per heavy atom. The third-order valence-electron chi connectivity index (χ3n) is 3.17. The van der Waals surface area contributed by atoms with Crippen LogP contribution in [0.3, 0.4) is 0 Å². The van der Waals surface area contributed by atoms with Gasteiger partial charge < -0.3 is 5.32 Å². The number of likely N-dealkylation sites (N-methyl/N-ethyl adjacent to an activating group) is 1. The van der Waals surface area contributed by atoms with Gasteiger partial charge in [0, 0.05) is 22.0 Å². The van der Waals surface area contributed by atoms with Crippen LogP contribution < -0.4 is 5.32 Å². The summed E-state index contributed by atoms with van der Waals surface area (Å²) in [5, 5.41) is 5.69. The van der Waals surface area contributed by atoms with Crippen molar-refractivity contribution < 1.29 is 0 Å². The number of thiophene rings is 1. The Balaban J connectivity index is 2.27. The van der Waals surface area contributed by atoms with Gasteiger partial charge in [0.1, 0.15) is 0 Å². The second-order valence-electron chi connectivity index (χ2n) is 4.41. The highest BCUT2D eigenvalue weighted by molar-refractivity contribution is 9.10. The van der Waals surface area contributed by atoms with Gasteiger partial charge in [0.15, 0.2) is 0 Å². The van der Waals surface area contributed by atoms with Crippen molar-refractivity contribution in [3.8, 4) is 0 Å². The zero-order valence-corrected chi connectivity index (χ0v) is 13.7. The van der Waals surface area contributed by atoms with Gasteiger partial charge >= 0.3 is 0 Å². The first-order chi connectivity index (χ1) is 9.26. The van der Waals surface area contributed by atoms with E-state index in [2.05, 4.69) is 57.6 Å². The Hall–Kier alpha value is -0.710. The average Bonchev–Trinajstić information content (AvgIpc) is 2.84. The maximum absolute atomic E-state index is 4.61. The summed E-state index contributed by atoms with van der Waals surface area (Å²) in [6.45, 7) is 5.28. The molecule has 0 aromatic carbocycles. The summed E-state index contributed by atoms with van der Waals surface area (Å²) in [5.74, 6) is 0. The van der Waals surface area contributed by atoms with Crippen LogP contribution in [0, 0.1) is 0 Å². The number of halogens is 1. The quantitative estimate of drug-likeness (QED) is 0.846. The molecule has 2 heterocycles. The van der Waals surface area contributed by atoms with Crippen molar-refractivity contribution >= 4 is 27.3 Å². The van der Waals surface area contributed by atoms with Gasteiger partial charge in [-0.2, -0.15) is 0 Å². The molecule has 0 amide bonds. The molecule has 0 radical (unpaired) electrons. The predicted octanol–water partition coefficient (Wildman–Crippen LogP) is 4.36. The van der Waals surface area contributed by atoms with Gasteiger partial charge in [0.2, 0.25) is 0 Å².